The Morgan fingerprint density at radius 3 is 2.68 bits per heavy atom. The van der Waals surface area contributed by atoms with Crippen molar-refractivity contribution >= 4 is 39.8 Å². The summed E-state index contributed by atoms with van der Waals surface area (Å²) >= 11 is 3.86. The Bertz CT molecular complexity index is 579. The van der Waals surface area contributed by atoms with Gasteiger partial charge >= 0.3 is 0 Å². The first-order valence-electron chi connectivity index (χ1n) is 6.19. The predicted octanol–water partition coefficient (Wildman–Crippen LogP) is 4.32. The fourth-order valence-corrected chi connectivity index (χ4v) is 3.25. The topological polar surface area (TPSA) is 20.3 Å². The highest BCUT2D eigenvalue weighted by atomic mass is 127. The smallest absolute Gasteiger partial charge is 0.255 e. The van der Waals surface area contributed by atoms with Gasteiger partial charge in [-0.2, -0.15) is 0 Å². The normalized spacial score (nSPS) is 10.5. The maximum absolute atomic E-state index is 12.4. The minimum atomic E-state index is 0.116. The molecule has 19 heavy (non-hydrogen) atoms. The van der Waals surface area contributed by atoms with Crippen molar-refractivity contribution in [3.63, 3.8) is 0 Å². The van der Waals surface area contributed by atoms with E-state index in [1.54, 1.807) is 11.3 Å². The van der Waals surface area contributed by atoms with Crippen LogP contribution < -0.4 is 0 Å². The molecule has 2 aromatic rings. The third-order valence-corrected chi connectivity index (χ3v) is 4.89. The number of carbonyl (C=O) groups is 1. The second-order valence-electron chi connectivity index (χ2n) is 4.39. The molecule has 0 atom stereocenters. The largest absolute Gasteiger partial charge is 0.335 e. The molecule has 0 bridgehead atoms. The Morgan fingerprint density at radius 1 is 1.37 bits per heavy atom. The average molecular weight is 385 g/mol. The molecule has 0 spiro atoms. The van der Waals surface area contributed by atoms with Crippen LogP contribution in [0.5, 0.6) is 0 Å². The third-order valence-electron chi connectivity index (χ3n) is 3.11. The molecular formula is C15H16INOS. The molecule has 0 aliphatic carbocycles. The highest BCUT2D eigenvalue weighted by molar-refractivity contribution is 14.1. The molecule has 2 rings (SSSR count). The summed E-state index contributed by atoms with van der Waals surface area (Å²) in [7, 11) is 0. The fraction of sp³-hybridized carbons (Fsp3) is 0.267. The molecule has 0 saturated carbocycles. The average Bonchev–Trinajstić information content (AvgIpc) is 2.84. The van der Waals surface area contributed by atoms with Gasteiger partial charge in [-0.25, -0.2) is 0 Å². The molecule has 2 nitrogen and oxygen atoms in total. The van der Waals surface area contributed by atoms with Crippen LogP contribution in [0.25, 0.3) is 0 Å². The Balaban J connectivity index is 2.17. The van der Waals surface area contributed by atoms with E-state index in [0.717, 1.165) is 15.0 Å². The first kappa shape index (κ1) is 14.5. The maximum Gasteiger partial charge on any atom is 0.255 e. The van der Waals surface area contributed by atoms with Crippen molar-refractivity contribution in [2.24, 2.45) is 0 Å². The van der Waals surface area contributed by atoms with Gasteiger partial charge in [0.15, 0.2) is 0 Å². The number of hydrogen-bond donors (Lipinski definition) is 0. The number of benzene rings is 1. The van der Waals surface area contributed by atoms with Crippen molar-refractivity contribution in [1.82, 2.24) is 4.90 Å². The number of thiophene rings is 1. The quantitative estimate of drug-likeness (QED) is 0.718. The van der Waals surface area contributed by atoms with Crippen LogP contribution in [0, 0.1) is 9.81 Å². The lowest BCUT2D eigenvalue weighted by molar-refractivity contribution is 0.0753. The Kier molecular flexibility index (Phi) is 4.99. The molecule has 0 radical (unpaired) electrons. The predicted molar refractivity (Wildman–Crippen MR) is 88.6 cm³/mol. The van der Waals surface area contributed by atoms with Gasteiger partial charge in [0.2, 0.25) is 0 Å². The summed E-state index contributed by atoms with van der Waals surface area (Å²) < 4.78 is 1.15. The number of carbonyl (C=O) groups excluding carboxylic acids is 1. The van der Waals surface area contributed by atoms with E-state index in [2.05, 4.69) is 41.6 Å². The van der Waals surface area contributed by atoms with Gasteiger partial charge < -0.3 is 4.90 Å². The van der Waals surface area contributed by atoms with Gasteiger partial charge in [0.25, 0.3) is 5.91 Å². The van der Waals surface area contributed by atoms with E-state index in [1.807, 2.05) is 35.4 Å². The Morgan fingerprint density at radius 2 is 2.11 bits per heavy atom. The van der Waals surface area contributed by atoms with E-state index in [-0.39, 0.29) is 5.91 Å². The van der Waals surface area contributed by atoms with Crippen molar-refractivity contribution in [2.75, 3.05) is 6.54 Å². The number of amides is 1. The highest BCUT2D eigenvalue weighted by Crippen LogP contribution is 2.19. The van der Waals surface area contributed by atoms with E-state index in [1.165, 1.54) is 11.1 Å². The SMILES string of the molecule is CCN(Cc1ccccc1C)C(=O)c1csc(I)c1. The zero-order valence-electron chi connectivity index (χ0n) is 11.0. The van der Waals surface area contributed by atoms with E-state index in [4.69, 9.17) is 0 Å². The zero-order valence-corrected chi connectivity index (χ0v) is 14.0. The number of nitrogens with zero attached hydrogens (tertiary/aromatic N) is 1. The highest BCUT2D eigenvalue weighted by Gasteiger charge is 2.16. The van der Waals surface area contributed by atoms with Crippen LogP contribution in [0.2, 0.25) is 0 Å². The van der Waals surface area contributed by atoms with Gasteiger partial charge in [-0.1, -0.05) is 24.3 Å². The summed E-state index contributed by atoms with van der Waals surface area (Å²) in [5, 5.41) is 1.94. The summed E-state index contributed by atoms with van der Waals surface area (Å²) in [6.45, 7) is 5.50. The lowest BCUT2D eigenvalue weighted by atomic mass is 10.1. The second-order valence-corrected chi connectivity index (χ2v) is 7.19. The van der Waals surface area contributed by atoms with Crippen molar-refractivity contribution in [1.29, 1.82) is 0 Å². The summed E-state index contributed by atoms with van der Waals surface area (Å²) in [6.07, 6.45) is 0. The van der Waals surface area contributed by atoms with Crippen LogP contribution in [0.3, 0.4) is 0 Å². The fourth-order valence-electron chi connectivity index (χ4n) is 1.93. The monoisotopic (exact) mass is 385 g/mol. The molecule has 1 aromatic heterocycles. The van der Waals surface area contributed by atoms with Gasteiger partial charge in [0.1, 0.15) is 0 Å². The van der Waals surface area contributed by atoms with Crippen molar-refractivity contribution < 1.29 is 4.79 Å². The molecule has 0 saturated heterocycles. The molecule has 0 unspecified atom stereocenters. The summed E-state index contributed by atoms with van der Waals surface area (Å²) in [4.78, 5) is 14.3. The molecular weight excluding hydrogens is 369 g/mol. The molecule has 0 aliphatic heterocycles. The number of halogens is 1. The Hall–Kier alpha value is -0.880. The lowest BCUT2D eigenvalue weighted by Gasteiger charge is -2.21. The van der Waals surface area contributed by atoms with Crippen LogP contribution in [-0.2, 0) is 6.54 Å². The lowest BCUT2D eigenvalue weighted by Crippen LogP contribution is -2.30. The van der Waals surface area contributed by atoms with Crippen LogP contribution >= 0.6 is 33.9 Å². The standard InChI is InChI=1S/C15H16INOS/c1-3-17(9-12-7-5-4-6-11(12)2)15(18)13-8-14(16)19-10-13/h4-8,10H,3,9H2,1-2H3. The van der Waals surface area contributed by atoms with Crippen molar-refractivity contribution in [3.8, 4) is 0 Å². The van der Waals surface area contributed by atoms with E-state index < -0.39 is 0 Å². The number of hydrogen-bond acceptors (Lipinski definition) is 2. The van der Waals surface area contributed by atoms with E-state index in [0.29, 0.717) is 6.54 Å². The van der Waals surface area contributed by atoms with Gasteiger partial charge in [-0.05, 0) is 53.6 Å². The van der Waals surface area contributed by atoms with Gasteiger partial charge in [0.05, 0.1) is 8.45 Å². The van der Waals surface area contributed by atoms with Gasteiger partial charge in [0, 0.05) is 18.5 Å². The molecule has 0 aliphatic rings. The van der Waals surface area contributed by atoms with Gasteiger partial charge in [-0.3, -0.25) is 4.79 Å². The molecule has 1 aromatic carbocycles. The Labute approximate surface area is 131 Å². The molecule has 4 heteroatoms. The minimum absolute atomic E-state index is 0.116. The van der Waals surface area contributed by atoms with E-state index in [9.17, 15) is 4.79 Å². The molecule has 0 N–H and O–H groups in total. The maximum atomic E-state index is 12.4. The van der Waals surface area contributed by atoms with Crippen LogP contribution in [0.4, 0.5) is 0 Å². The summed E-state index contributed by atoms with van der Waals surface area (Å²) in [5.74, 6) is 0.116. The van der Waals surface area contributed by atoms with Gasteiger partial charge in [-0.15, -0.1) is 11.3 Å². The van der Waals surface area contributed by atoms with Crippen molar-refractivity contribution in [2.45, 2.75) is 20.4 Å². The van der Waals surface area contributed by atoms with Crippen LogP contribution in [0.15, 0.2) is 35.7 Å². The van der Waals surface area contributed by atoms with Crippen LogP contribution in [-0.4, -0.2) is 17.4 Å². The zero-order chi connectivity index (χ0) is 13.8. The minimum Gasteiger partial charge on any atom is -0.335 e. The first-order chi connectivity index (χ1) is 9.11. The van der Waals surface area contributed by atoms with Crippen molar-refractivity contribution in [3.05, 3.63) is 55.3 Å². The number of aryl methyl sites for hydroxylation is 1. The number of rotatable bonds is 4. The second kappa shape index (κ2) is 6.52. The molecule has 100 valence electrons. The third kappa shape index (κ3) is 3.57. The summed E-state index contributed by atoms with van der Waals surface area (Å²) in [6, 6.07) is 10.2. The molecule has 1 amide bonds. The van der Waals surface area contributed by atoms with Crippen LogP contribution in [0.1, 0.15) is 28.4 Å². The molecule has 1 heterocycles. The summed E-state index contributed by atoms with van der Waals surface area (Å²) in [5.41, 5.74) is 3.24. The first-order valence-corrected chi connectivity index (χ1v) is 8.15. The van der Waals surface area contributed by atoms with E-state index >= 15 is 0 Å². The molecule has 0 fully saturated rings.